The van der Waals surface area contributed by atoms with Gasteiger partial charge in [0.25, 0.3) is 5.91 Å². The van der Waals surface area contributed by atoms with Gasteiger partial charge in [-0.25, -0.2) is 4.98 Å². The molecule has 1 aromatic rings. The molecule has 120 valence electrons. The zero-order valence-electron chi connectivity index (χ0n) is 13.6. The summed E-state index contributed by atoms with van der Waals surface area (Å²) in [6.07, 6.45) is 9.09. The number of carbonyl (C=O) groups excluding carboxylic acids is 1. The van der Waals surface area contributed by atoms with Crippen LogP contribution in [-0.4, -0.2) is 42.0 Å². The molecule has 3 rings (SSSR count). The number of rotatable bonds is 2. The van der Waals surface area contributed by atoms with E-state index in [2.05, 4.69) is 22.9 Å². The maximum absolute atomic E-state index is 12.5. The molecule has 2 aliphatic rings. The zero-order valence-corrected chi connectivity index (χ0v) is 13.6. The third-order valence-electron chi connectivity index (χ3n) is 5.01. The van der Waals surface area contributed by atoms with Crippen molar-refractivity contribution in [2.75, 3.05) is 31.1 Å². The van der Waals surface area contributed by atoms with Crippen LogP contribution in [0.25, 0.3) is 0 Å². The number of nitrogens with zero attached hydrogens (tertiary/aromatic N) is 3. The molecule has 1 amide bonds. The van der Waals surface area contributed by atoms with Crippen molar-refractivity contribution in [2.24, 2.45) is 5.92 Å². The molecule has 3 heterocycles. The quantitative estimate of drug-likeness (QED) is 0.840. The Hall–Kier alpha value is -1.58. The molecule has 0 radical (unpaired) electrons. The van der Waals surface area contributed by atoms with Crippen molar-refractivity contribution in [2.45, 2.75) is 45.4 Å². The lowest BCUT2D eigenvalue weighted by Gasteiger charge is -2.32. The highest BCUT2D eigenvalue weighted by atomic mass is 16.2. The summed E-state index contributed by atoms with van der Waals surface area (Å²) in [5.41, 5.74) is 1.75. The van der Waals surface area contributed by atoms with Crippen molar-refractivity contribution in [3.63, 3.8) is 0 Å². The third kappa shape index (κ3) is 3.60. The summed E-state index contributed by atoms with van der Waals surface area (Å²) in [5.74, 6) is 0.925. The van der Waals surface area contributed by atoms with Crippen LogP contribution in [0.3, 0.4) is 0 Å². The Morgan fingerprint density at radius 2 is 1.73 bits per heavy atom. The molecule has 2 fully saturated rings. The van der Waals surface area contributed by atoms with Gasteiger partial charge in [0.05, 0.1) is 11.9 Å². The van der Waals surface area contributed by atoms with E-state index in [4.69, 9.17) is 0 Å². The van der Waals surface area contributed by atoms with Gasteiger partial charge in [0, 0.05) is 26.2 Å². The number of aromatic nitrogens is 1. The SMILES string of the molecule is CC1CCN(c2ccc(C(=O)N3CCCCCC3)nc2)CC1. The van der Waals surface area contributed by atoms with Crippen LogP contribution >= 0.6 is 0 Å². The van der Waals surface area contributed by atoms with Gasteiger partial charge in [0.2, 0.25) is 0 Å². The van der Waals surface area contributed by atoms with E-state index < -0.39 is 0 Å². The molecular formula is C18H27N3O. The highest BCUT2D eigenvalue weighted by molar-refractivity contribution is 5.92. The summed E-state index contributed by atoms with van der Waals surface area (Å²) in [4.78, 5) is 21.3. The molecule has 4 heteroatoms. The Morgan fingerprint density at radius 1 is 1.05 bits per heavy atom. The van der Waals surface area contributed by atoms with Crippen molar-refractivity contribution < 1.29 is 4.79 Å². The average Bonchev–Trinajstić information content (AvgIpc) is 2.84. The molecule has 0 spiro atoms. The number of carbonyl (C=O) groups is 1. The first-order valence-corrected chi connectivity index (χ1v) is 8.74. The van der Waals surface area contributed by atoms with E-state index in [0.29, 0.717) is 5.69 Å². The highest BCUT2D eigenvalue weighted by Crippen LogP contribution is 2.22. The number of pyridine rings is 1. The van der Waals surface area contributed by atoms with Crippen molar-refractivity contribution in [1.82, 2.24) is 9.88 Å². The number of hydrogen-bond donors (Lipinski definition) is 0. The lowest BCUT2D eigenvalue weighted by Crippen LogP contribution is -2.34. The third-order valence-corrected chi connectivity index (χ3v) is 5.01. The van der Waals surface area contributed by atoms with E-state index in [-0.39, 0.29) is 5.91 Å². The van der Waals surface area contributed by atoms with E-state index in [1.165, 1.54) is 25.7 Å². The maximum Gasteiger partial charge on any atom is 0.272 e. The molecule has 2 saturated heterocycles. The van der Waals surface area contributed by atoms with Gasteiger partial charge in [-0.1, -0.05) is 19.8 Å². The molecule has 22 heavy (non-hydrogen) atoms. The minimum atomic E-state index is 0.0979. The first-order chi connectivity index (χ1) is 10.7. The monoisotopic (exact) mass is 301 g/mol. The Morgan fingerprint density at radius 3 is 2.32 bits per heavy atom. The minimum Gasteiger partial charge on any atom is -0.370 e. The highest BCUT2D eigenvalue weighted by Gasteiger charge is 2.20. The lowest BCUT2D eigenvalue weighted by molar-refractivity contribution is 0.0756. The summed E-state index contributed by atoms with van der Waals surface area (Å²) in [5, 5.41) is 0. The number of anilines is 1. The largest absolute Gasteiger partial charge is 0.370 e. The number of amides is 1. The zero-order chi connectivity index (χ0) is 15.4. The molecule has 0 atom stereocenters. The van der Waals surface area contributed by atoms with E-state index in [1.807, 2.05) is 17.2 Å². The van der Waals surface area contributed by atoms with Crippen molar-refractivity contribution >= 4 is 11.6 Å². The number of piperidine rings is 1. The molecule has 0 aliphatic carbocycles. The van der Waals surface area contributed by atoms with Crippen LogP contribution in [0.5, 0.6) is 0 Å². The number of hydrogen-bond acceptors (Lipinski definition) is 3. The van der Waals surface area contributed by atoms with Crippen LogP contribution in [0.4, 0.5) is 5.69 Å². The molecular weight excluding hydrogens is 274 g/mol. The van der Waals surface area contributed by atoms with E-state index in [0.717, 1.165) is 50.6 Å². The molecule has 0 N–H and O–H groups in total. The van der Waals surface area contributed by atoms with Crippen LogP contribution in [0.15, 0.2) is 18.3 Å². The molecule has 1 aromatic heterocycles. The van der Waals surface area contributed by atoms with Gasteiger partial charge in [-0.05, 0) is 43.7 Å². The van der Waals surface area contributed by atoms with Gasteiger partial charge in [0.15, 0.2) is 0 Å². The van der Waals surface area contributed by atoms with Crippen LogP contribution in [-0.2, 0) is 0 Å². The molecule has 0 bridgehead atoms. The standard InChI is InChI=1S/C18H27N3O/c1-15-8-12-20(13-9-15)16-6-7-17(19-14-16)18(22)21-10-4-2-3-5-11-21/h6-7,14-15H,2-5,8-13H2,1H3. The van der Waals surface area contributed by atoms with Gasteiger partial charge in [-0.2, -0.15) is 0 Å². The first-order valence-electron chi connectivity index (χ1n) is 8.74. The minimum absolute atomic E-state index is 0.0979. The molecule has 0 saturated carbocycles. The van der Waals surface area contributed by atoms with E-state index >= 15 is 0 Å². The smallest absolute Gasteiger partial charge is 0.272 e. The Balaban J connectivity index is 1.64. The maximum atomic E-state index is 12.5. The summed E-state index contributed by atoms with van der Waals surface area (Å²) in [6, 6.07) is 3.97. The second-order valence-corrected chi connectivity index (χ2v) is 6.78. The van der Waals surface area contributed by atoms with E-state index in [1.54, 1.807) is 0 Å². The van der Waals surface area contributed by atoms with Crippen molar-refractivity contribution in [3.05, 3.63) is 24.0 Å². The molecule has 4 nitrogen and oxygen atoms in total. The number of likely N-dealkylation sites (tertiary alicyclic amines) is 1. The second kappa shape index (κ2) is 7.12. The molecule has 0 unspecified atom stereocenters. The van der Waals surface area contributed by atoms with Crippen LogP contribution in [0.1, 0.15) is 55.9 Å². The predicted molar refractivity (Wildman–Crippen MR) is 89.2 cm³/mol. The van der Waals surface area contributed by atoms with Gasteiger partial charge in [-0.15, -0.1) is 0 Å². The van der Waals surface area contributed by atoms with Crippen molar-refractivity contribution in [1.29, 1.82) is 0 Å². The lowest BCUT2D eigenvalue weighted by atomic mass is 9.99. The summed E-state index contributed by atoms with van der Waals surface area (Å²) in [7, 11) is 0. The molecule has 0 aromatic carbocycles. The Kier molecular flexibility index (Phi) is 4.96. The Labute approximate surface area is 133 Å². The normalized spacial score (nSPS) is 20.8. The second-order valence-electron chi connectivity index (χ2n) is 6.78. The van der Waals surface area contributed by atoms with E-state index in [9.17, 15) is 4.79 Å². The summed E-state index contributed by atoms with van der Waals surface area (Å²) >= 11 is 0. The van der Waals surface area contributed by atoms with Crippen LogP contribution in [0.2, 0.25) is 0 Å². The van der Waals surface area contributed by atoms with Crippen molar-refractivity contribution in [3.8, 4) is 0 Å². The van der Waals surface area contributed by atoms with Gasteiger partial charge in [-0.3, -0.25) is 4.79 Å². The summed E-state index contributed by atoms with van der Waals surface area (Å²) < 4.78 is 0. The van der Waals surface area contributed by atoms with Gasteiger partial charge >= 0.3 is 0 Å². The Bertz CT molecular complexity index is 484. The fourth-order valence-corrected chi connectivity index (χ4v) is 3.40. The fourth-order valence-electron chi connectivity index (χ4n) is 3.40. The van der Waals surface area contributed by atoms with Gasteiger partial charge in [0.1, 0.15) is 5.69 Å². The first kappa shape index (κ1) is 15.3. The van der Waals surface area contributed by atoms with Crippen LogP contribution < -0.4 is 4.90 Å². The fraction of sp³-hybridized carbons (Fsp3) is 0.667. The molecule has 2 aliphatic heterocycles. The average molecular weight is 301 g/mol. The summed E-state index contributed by atoms with van der Waals surface area (Å²) in [6.45, 7) is 6.28. The topological polar surface area (TPSA) is 36.4 Å². The van der Waals surface area contributed by atoms with Crippen LogP contribution in [0, 0.1) is 5.92 Å². The predicted octanol–water partition coefficient (Wildman–Crippen LogP) is 3.33. The van der Waals surface area contributed by atoms with Gasteiger partial charge < -0.3 is 9.80 Å².